The normalized spacial score (nSPS) is 18.4. The Bertz CT molecular complexity index is 399. The maximum Gasteiger partial charge on any atom is 0.390 e. The van der Waals surface area contributed by atoms with E-state index in [0.717, 1.165) is 24.8 Å². The van der Waals surface area contributed by atoms with Gasteiger partial charge in [-0.2, -0.15) is 13.2 Å². The molecule has 0 amide bonds. The van der Waals surface area contributed by atoms with Crippen LogP contribution in [0.4, 0.5) is 13.2 Å². The van der Waals surface area contributed by atoms with Crippen LogP contribution in [0, 0.1) is 0 Å². The highest BCUT2D eigenvalue weighted by atomic mass is 19.4. The summed E-state index contributed by atoms with van der Waals surface area (Å²) in [5.74, 6) is 5.68. The van der Waals surface area contributed by atoms with E-state index in [1.54, 1.807) is 12.1 Å². The van der Waals surface area contributed by atoms with Crippen LogP contribution in [-0.2, 0) is 0 Å². The fraction of sp³-hybridized carbons (Fsp3) is 0.538. The molecule has 1 fully saturated rings. The molecule has 1 aliphatic carbocycles. The van der Waals surface area contributed by atoms with Gasteiger partial charge in [-0.05, 0) is 29.9 Å². The maximum atomic E-state index is 12.5. The monoisotopic (exact) mass is 258 g/mol. The Balaban J connectivity index is 2.24. The Labute approximate surface area is 104 Å². The van der Waals surface area contributed by atoms with Crippen molar-refractivity contribution in [2.45, 2.75) is 43.8 Å². The number of hydrogen-bond donors (Lipinski definition) is 2. The molecule has 1 aromatic rings. The van der Waals surface area contributed by atoms with E-state index >= 15 is 0 Å². The molecule has 0 heterocycles. The molecule has 1 saturated carbocycles. The summed E-state index contributed by atoms with van der Waals surface area (Å²) in [6, 6.07) is 6.43. The number of alkyl halides is 3. The smallest absolute Gasteiger partial charge is 0.271 e. The maximum absolute atomic E-state index is 12.5. The van der Waals surface area contributed by atoms with E-state index in [4.69, 9.17) is 5.84 Å². The number of benzene rings is 1. The molecular weight excluding hydrogens is 241 g/mol. The van der Waals surface area contributed by atoms with Gasteiger partial charge in [0.15, 0.2) is 0 Å². The lowest BCUT2D eigenvalue weighted by atomic mass is 9.77. The molecule has 0 spiro atoms. The summed E-state index contributed by atoms with van der Waals surface area (Å²) in [5.41, 5.74) is 3.99. The number of hydrogen-bond acceptors (Lipinski definition) is 2. The molecule has 3 N–H and O–H groups in total. The quantitative estimate of drug-likeness (QED) is 0.641. The Morgan fingerprint density at radius 2 is 1.94 bits per heavy atom. The van der Waals surface area contributed by atoms with Gasteiger partial charge in [-0.15, -0.1) is 0 Å². The third-order valence-electron chi connectivity index (χ3n) is 3.55. The second-order valence-corrected chi connectivity index (χ2v) is 4.80. The van der Waals surface area contributed by atoms with Gasteiger partial charge in [0.25, 0.3) is 0 Å². The second-order valence-electron chi connectivity index (χ2n) is 4.80. The zero-order chi connectivity index (χ0) is 13.2. The molecule has 1 unspecified atom stereocenters. The SMILES string of the molecule is NNC(CC(F)(F)F)c1ccccc1C1CCC1. The molecule has 2 nitrogen and oxygen atoms in total. The first kappa shape index (κ1) is 13.4. The highest BCUT2D eigenvalue weighted by Gasteiger charge is 2.34. The van der Waals surface area contributed by atoms with Gasteiger partial charge >= 0.3 is 6.18 Å². The Morgan fingerprint density at radius 1 is 1.28 bits per heavy atom. The summed E-state index contributed by atoms with van der Waals surface area (Å²) >= 11 is 0. The Kier molecular flexibility index (Phi) is 3.92. The summed E-state index contributed by atoms with van der Waals surface area (Å²) in [6.45, 7) is 0. The fourth-order valence-electron chi connectivity index (χ4n) is 2.41. The lowest BCUT2D eigenvalue weighted by molar-refractivity contribution is -0.140. The van der Waals surface area contributed by atoms with Crippen LogP contribution in [0.15, 0.2) is 24.3 Å². The molecule has 0 aromatic heterocycles. The van der Waals surface area contributed by atoms with Crippen LogP contribution in [-0.4, -0.2) is 6.18 Å². The van der Waals surface area contributed by atoms with Gasteiger partial charge in [-0.3, -0.25) is 11.3 Å². The molecule has 1 aliphatic rings. The standard InChI is InChI=1S/C13H17F3N2/c14-13(15,16)8-12(18-17)11-7-2-1-6-10(11)9-4-3-5-9/h1-2,6-7,9,12,18H,3-5,8,17H2. The first-order valence-corrected chi connectivity index (χ1v) is 6.13. The van der Waals surface area contributed by atoms with Crippen LogP contribution < -0.4 is 11.3 Å². The van der Waals surface area contributed by atoms with Crippen molar-refractivity contribution in [1.82, 2.24) is 5.43 Å². The number of rotatable bonds is 4. The van der Waals surface area contributed by atoms with Crippen LogP contribution in [0.1, 0.15) is 48.8 Å². The number of hydrazine groups is 1. The van der Waals surface area contributed by atoms with Gasteiger partial charge in [-0.25, -0.2) is 0 Å². The van der Waals surface area contributed by atoms with Crippen molar-refractivity contribution < 1.29 is 13.2 Å². The molecule has 1 aromatic carbocycles. The van der Waals surface area contributed by atoms with E-state index in [0.29, 0.717) is 11.5 Å². The van der Waals surface area contributed by atoms with Crippen LogP contribution in [0.5, 0.6) is 0 Å². The fourth-order valence-corrected chi connectivity index (χ4v) is 2.41. The van der Waals surface area contributed by atoms with Gasteiger partial charge in [0.1, 0.15) is 0 Å². The van der Waals surface area contributed by atoms with Crippen molar-refractivity contribution in [2.24, 2.45) is 5.84 Å². The van der Waals surface area contributed by atoms with Gasteiger partial charge < -0.3 is 0 Å². The predicted molar refractivity (Wildman–Crippen MR) is 63.8 cm³/mol. The topological polar surface area (TPSA) is 38.0 Å². The highest BCUT2D eigenvalue weighted by Crippen LogP contribution is 2.41. The van der Waals surface area contributed by atoms with Gasteiger partial charge in [-0.1, -0.05) is 30.7 Å². The molecule has 5 heteroatoms. The molecule has 0 bridgehead atoms. The highest BCUT2D eigenvalue weighted by molar-refractivity contribution is 5.34. The predicted octanol–water partition coefficient (Wildman–Crippen LogP) is 3.41. The zero-order valence-electron chi connectivity index (χ0n) is 10.0. The van der Waals surface area contributed by atoms with Crippen LogP contribution >= 0.6 is 0 Å². The Hall–Kier alpha value is -1.07. The van der Waals surface area contributed by atoms with Crippen LogP contribution in [0.25, 0.3) is 0 Å². The lowest BCUT2D eigenvalue weighted by Crippen LogP contribution is -2.33. The minimum Gasteiger partial charge on any atom is -0.271 e. The van der Waals surface area contributed by atoms with Crippen LogP contribution in [0.2, 0.25) is 0 Å². The molecule has 0 aliphatic heterocycles. The van der Waals surface area contributed by atoms with E-state index in [1.165, 1.54) is 0 Å². The average molecular weight is 258 g/mol. The van der Waals surface area contributed by atoms with E-state index in [-0.39, 0.29) is 0 Å². The Morgan fingerprint density at radius 3 is 2.44 bits per heavy atom. The second kappa shape index (κ2) is 5.28. The molecule has 18 heavy (non-hydrogen) atoms. The summed E-state index contributed by atoms with van der Waals surface area (Å²) in [4.78, 5) is 0. The summed E-state index contributed by atoms with van der Waals surface area (Å²) in [7, 11) is 0. The number of halogens is 3. The largest absolute Gasteiger partial charge is 0.390 e. The third kappa shape index (κ3) is 3.03. The molecule has 0 radical (unpaired) electrons. The van der Waals surface area contributed by atoms with E-state index in [1.807, 2.05) is 12.1 Å². The van der Waals surface area contributed by atoms with E-state index in [9.17, 15) is 13.2 Å². The van der Waals surface area contributed by atoms with Crippen molar-refractivity contribution >= 4 is 0 Å². The van der Waals surface area contributed by atoms with Crippen molar-refractivity contribution in [1.29, 1.82) is 0 Å². The first-order chi connectivity index (χ1) is 8.51. The summed E-state index contributed by atoms with van der Waals surface area (Å²) < 4.78 is 37.5. The minimum absolute atomic E-state index is 0.394. The van der Waals surface area contributed by atoms with Crippen LogP contribution in [0.3, 0.4) is 0 Å². The minimum atomic E-state index is -4.22. The third-order valence-corrected chi connectivity index (χ3v) is 3.55. The first-order valence-electron chi connectivity index (χ1n) is 6.13. The van der Waals surface area contributed by atoms with E-state index < -0.39 is 18.6 Å². The molecular formula is C13H17F3N2. The van der Waals surface area contributed by atoms with Gasteiger partial charge in [0, 0.05) is 0 Å². The van der Waals surface area contributed by atoms with Crippen molar-refractivity contribution in [3.63, 3.8) is 0 Å². The van der Waals surface area contributed by atoms with Crippen molar-refractivity contribution in [2.75, 3.05) is 0 Å². The number of nitrogens with one attached hydrogen (secondary N) is 1. The number of nitrogens with two attached hydrogens (primary N) is 1. The average Bonchev–Trinajstić information content (AvgIpc) is 2.23. The molecule has 100 valence electrons. The molecule has 2 rings (SSSR count). The molecule has 0 saturated heterocycles. The zero-order valence-corrected chi connectivity index (χ0v) is 10.0. The van der Waals surface area contributed by atoms with Gasteiger partial charge in [0.2, 0.25) is 0 Å². The van der Waals surface area contributed by atoms with E-state index in [2.05, 4.69) is 5.43 Å². The molecule has 1 atom stereocenters. The van der Waals surface area contributed by atoms with Gasteiger partial charge in [0.05, 0.1) is 12.5 Å². The van der Waals surface area contributed by atoms with Crippen molar-refractivity contribution in [3.8, 4) is 0 Å². The summed E-state index contributed by atoms with van der Waals surface area (Å²) in [6.07, 6.45) is -1.89. The lowest BCUT2D eigenvalue weighted by Gasteiger charge is -2.30. The summed E-state index contributed by atoms with van der Waals surface area (Å²) in [5, 5.41) is 0. The van der Waals surface area contributed by atoms with Crippen molar-refractivity contribution in [3.05, 3.63) is 35.4 Å².